The van der Waals surface area contributed by atoms with Crippen molar-refractivity contribution in [1.29, 1.82) is 0 Å². The molecule has 0 saturated heterocycles. The molecule has 1 aromatic heterocycles. The van der Waals surface area contributed by atoms with E-state index in [9.17, 15) is 19.5 Å². The molecular weight excluding hydrogens is 450 g/mol. The van der Waals surface area contributed by atoms with E-state index in [0.29, 0.717) is 18.5 Å². The Balaban J connectivity index is 1.12. The summed E-state index contributed by atoms with van der Waals surface area (Å²) in [7, 11) is 0. The third-order valence-electron chi connectivity index (χ3n) is 6.64. The number of hydrogen-bond donors (Lipinski definition) is 3. The van der Waals surface area contributed by atoms with Gasteiger partial charge >= 0.3 is 12.1 Å². The lowest BCUT2D eigenvalue weighted by Crippen LogP contribution is -2.59. The number of fused-ring (bicyclic) bond motifs is 3. The monoisotopic (exact) mass is 475 g/mol. The van der Waals surface area contributed by atoms with Crippen LogP contribution in [0.1, 0.15) is 42.0 Å². The maximum atomic E-state index is 12.3. The molecule has 1 heterocycles. The number of nitrogens with one attached hydrogen (secondary N) is 2. The molecule has 2 aromatic carbocycles. The average Bonchev–Trinajstić information content (AvgIpc) is 3.40. The summed E-state index contributed by atoms with van der Waals surface area (Å²) in [6.45, 7) is 0.127. The molecule has 10 nitrogen and oxygen atoms in total. The molecule has 180 valence electrons. The van der Waals surface area contributed by atoms with Crippen molar-refractivity contribution in [3.8, 4) is 11.1 Å². The number of hydrogen-bond acceptors (Lipinski definition) is 6. The molecule has 0 atom stereocenters. The normalized spacial score (nSPS) is 15.4. The number of benzene rings is 2. The molecule has 0 bridgehead atoms. The smallest absolute Gasteiger partial charge is 0.407 e. The summed E-state index contributed by atoms with van der Waals surface area (Å²) < 4.78 is 6.81. The van der Waals surface area contributed by atoms with E-state index in [0.717, 1.165) is 28.7 Å². The average molecular weight is 476 g/mol. The molecule has 5 rings (SSSR count). The minimum absolute atomic E-state index is 0.0303. The van der Waals surface area contributed by atoms with Crippen molar-refractivity contribution in [2.75, 3.05) is 6.61 Å². The molecule has 0 radical (unpaired) electrons. The fourth-order valence-electron chi connectivity index (χ4n) is 4.69. The molecule has 35 heavy (non-hydrogen) atoms. The predicted octanol–water partition coefficient (Wildman–Crippen LogP) is 2.44. The largest absolute Gasteiger partial charge is 0.480 e. The Morgan fingerprint density at radius 2 is 1.71 bits per heavy atom. The van der Waals surface area contributed by atoms with Crippen molar-refractivity contribution >= 4 is 18.0 Å². The van der Waals surface area contributed by atoms with Gasteiger partial charge in [-0.3, -0.25) is 4.79 Å². The number of nitrogens with zero attached hydrogens (tertiary/aromatic N) is 3. The second-order valence-electron chi connectivity index (χ2n) is 8.88. The van der Waals surface area contributed by atoms with Crippen LogP contribution in [0, 0.1) is 0 Å². The van der Waals surface area contributed by atoms with E-state index in [4.69, 9.17) is 4.74 Å². The molecule has 2 amide bonds. The number of rotatable bonds is 8. The Labute approximate surface area is 201 Å². The van der Waals surface area contributed by atoms with Gasteiger partial charge in [0, 0.05) is 5.92 Å². The highest BCUT2D eigenvalue weighted by Gasteiger charge is 2.45. The van der Waals surface area contributed by atoms with Crippen LogP contribution >= 0.6 is 0 Å². The Kier molecular flexibility index (Phi) is 5.94. The summed E-state index contributed by atoms with van der Waals surface area (Å²) in [5, 5.41) is 22.4. The van der Waals surface area contributed by atoms with Gasteiger partial charge in [0.1, 0.15) is 24.4 Å². The first-order valence-corrected chi connectivity index (χ1v) is 11.5. The third kappa shape index (κ3) is 4.46. The zero-order valence-electron chi connectivity index (χ0n) is 18.9. The Morgan fingerprint density at radius 3 is 2.31 bits per heavy atom. The minimum Gasteiger partial charge on any atom is -0.480 e. The van der Waals surface area contributed by atoms with E-state index in [1.165, 1.54) is 10.9 Å². The molecule has 1 fully saturated rings. The molecule has 10 heteroatoms. The molecule has 2 aliphatic carbocycles. The fourth-order valence-corrected chi connectivity index (χ4v) is 4.69. The van der Waals surface area contributed by atoms with Crippen molar-refractivity contribution in [2.24, 2.45) is 0 Å². The maximum absolute atomic E-state index is 12.3. The third-order valence-corrected chi connectivity index (χ3v) is 6.64. The second kappa shape index (κ2) is 9.21. The summed E-state index contributed by atoms with van der Waals surface area (Å²) in [6, 6.07) is 16.2. The second-order valence-corrected chi connectivity index (χ2v) is 8.88. The number of carbonyl (C=O) groups excluding carboxylic acids is 2. The van der Waals surface area contributed by atoms with Crippen LogP contribution < -0.4 is 10.6 Å². The molecule has 0 aliphatic heterocycles. The first kappa shape index (κ1) is 22.6. The molecule has 2 aliphatic rings. The first-order chi connectivity index (χ1) is 16.9. The number of carboxylic acid groups (broad SMARTS) is 1. The molecule has 0 unspecified atom stereocenters. The van der Waals surface area contributed by atoms with E-state index >= 15 is 0 Å². The van der Waals surface area contributed by atoms with E-state index in [2.05, 4.69) is 45.2 Å². The van der Waals surface area contributed by atoms with Gasteiger partial charge in [0.25, 0.3) is 0 Å². The van der Waals surface area contributed by atoms with Crippen LogP contribution in [0.25, 0.3) is 11.1 Å². The number of alkyl carbamates (subject to hydrolysis) is 1. The zero-order valence-corrected chi connectivity index (χ0v) is 18.9. The van der Waals surface area contributed by atoms with Crippen LogP contribution in [0.15, 0.2) is 54.7 Å². The highest BCUT2D eigenvalue weighted by Crippen LogP contribution is 2.44. The van der Waals surface area contributed by atoms with Crippen molar-refractivity contribution in [3.05, 3.63) is 71.5 Å². The zero-order chi connectivity index (χ0) is 24.4. The van der Waals surface area contributed by atoms with Crippen LogP contribution in [0.3, 0.4) is 0 Å². The van der Waals surface area contributed by atoms with Crippen molar-refractivity contribution in [3.63, 3.8) is 0 Å². The topological polar surface area (TPSA) is 135 Å². The summed E-state index contributed by atoms with van der Waals surface area (Å²) in [4.78, 5) is 36.0. The Bertz CT molecular complexity index is 1240. The van der Waals surface area contributed by atoms with Gasteiger partial charge in [-0.25, -0.2) is 14.3 Å². The SMILES string of the molecule is O=C(Cn1cc(CNC(=O)OCC2c3ccccc3-c3ccccc32)nn1)NC1(C(=O)O)CCC1. The number of aromatic nitrogens is 3. The van der Waals surface area contributed by atoms with Crippen LogP contribution in [0.4, 0.5) is 4.79 Å². The van der Waals surface area contributed by atoms with E-state index in [1.807, 2.05) is 24.3 Å². The number of amides is 2. The minimum atomic E-state index is -1.17. The van der Waals surface area contributed by atoms with Crippen molar-refractivity contribution in [1.82, 2.24) is 25.6 Å². The predicted molar refractivity (Wildman–Crippen MR) is 124 cm³/mol. The van der Waals surface area contributed by atoms with Gasteiger partial charge in [-0.15, -0.1) is 5.10 Å². The van der Waals surface area contributed by atoms with Gasteiger partial charge in [0.05, 0.1) is 12.7 Å². The number of carboxylic acids is 1. The van der Waals surface area contributed by atoms with Gasteiger partial charge in [-0.1, -0.05) is 53.7 Å². The lowest BCUT2D eigenvalue weighted by molar-refractivity contribution is -0.151. The van der Waals surface area contributed by atoms with Gasteiger partial charge in [0.15, 0.2) is 0 Å². The highest BCUT2D eigenvalue weighted by atomic mass is 16.5. The molecular formula is C25H25N5O5. The Hall–Kier alpha value is -4.21. The van der Waals surface area contributed by atoms with Gasteiger partial charge in [0.2, 0.25) is 5.91 Å². The fraction of sp³-hybridized carbons (Fsp3) is 0.320. The molecule has 0 spiro atoms. The van der Waals surface area contributed by atoms with Crippen molar-refractivity contribution < 1.29 is 24.2 Å². The van der Waals surface area contributed by atoms with Crippen molar-refractivity contribution in [2.45, 2.75) is 43.8 Å². The summed E-state index contributed by atoms with van der Waals surface area (Å²) in [5.41, 5.74) is 3.85. The van der Waals surface area contributed by atoms with Crippen LogP contribution in [-0.4, -0.2) is 50.2 Å². The van der Waals surface area contributed by atoms with E-state index < -0.39 is 23.5 Å². The van der Waals surface area contributed by atoms with Gasteiger partial charge < -0.3 is 20.5 Å². The van der Waals surface area contributed by atoms with Gasteiger partial charge in [-0.05, 0) is 41.5 Å². The number of aliphatic carboxylic acids is 1. The molecule has 1 saturated carbocycles. The van der Waals surface area contributed by atoms with E-state index in [-0.39, 0.29) is 25.6 Å². The molecule has 3 N–H and O–H groups in total. The quantitative estimate of drug-likeness (QED) is 0.455. The summed E-state index contributed by atoms with van der Waals surface area (Å²) in [5.74, 6) is -1.51. The number of ether oxygens (including phenoxy) is 1. The summed E-state index contributed by atoms with van der Waals surface area (Å²) in [6.07, 6.45) is 2.55. The van der Waals surface area contributed by atoms with E-state index in [1.54, 1.807) is 0 Å². The summed E-state index contributed by atoms with van der Waals surface area (Å²) >= 11 is 0. The molecule has 3 aromatic rings. The van der Waals surface area contributed by atoms with Gasteiger partial charge in [-0.2, -0.15) is 0 Å². The highest BCUT2D eigenvalue weighted by molar-refractivity contribution is 5.87. The van der Waals surface area contributed by atoms with Crippen LogP contribution in [0.2, 0.25) is 0 Å². The lowest BCUT2D eigenvalue weighted by atomic mass is 9.77. The van der Waals surface area contributed by atoms with Crippen LogP contribution in [0.5, 0.6) is 0 Å². The van der Waals surface area contributed by atoms with Crippen LogP contribution in [-0.2, 0) is 27.4 Å². The first-order valence-electron chi connectivity index (χ1n) is 11.5. The Morgan fingerprint density at radius 1 is 1.06 bits per heavy atom. The standard InChI is InChI=1S/C25H25N5O5/c31-22(27-25(23(32)33)10-5-11-25)14-30-13-16(28-29-30)12-26-24(34)35-15-21-19-8-3-1-6-17(19)18-7-2-4-9-20(18)21/h1-4,6-9,13,21H,5,10-12,14-15H2,(H,26,34)(H,27,31)(H,32,33). The lowest BCUT2D eigenvalue weighted by Gasteiger charge is -2.38. The number of carbonyl (C=O) groups is 3. The maximum Gasteiger partial charge on any atom is 0.407 e.